The van der Waals surface area contributed by atoms with Crippen LogP contribution in [0.25, 0.3) is 0 Å². The van der Waals surface area contributed by atoms with Gasteiger partial charge in [0.15, 0.2) is 0 Å². The summed E-state index contributed by atoms with van der Waals surface area (Å²) in [7, 11) is 0. The Hall–Kier alpha value is -2.37. The Balaban J connectivity index is 1.58. The highest BCUT2D eigenvalue weighted by molar-refractivity contribution is 6.06. The summed E-state index contributed by atoms with van der Waals surface area (Å²) in [6.07, 6.45) is 2.87. The van der Waals surface area contributed by atoms with Gasteiger partial charge in [0.25, 0.3) is 11.8 Å². The molecule has 0 bridgehead atoms. The van der Waals surface area contributed by atoms with E-state index in [0.717, 1.165) is 18.4 Å². The summed E-state index contributed by atoms with van der Waals surface area (Å²) in [6.45, 7) is 0.855. The number of rotatable bonds is 3. The monoisotopic (exact) mass is 313 g/mol. The molecular formula is C17H19N3O3. The van der Waals surface area contributed by atoms with Crippen molar-refractivity contribution in [3.63, 3.8) is 0 Å². The van der Waals surface area contributed by atoms with Crippen molar-refractivity contribution in [3.05, 3.63) is 29.3 Å². The molecule has 2 N–H and O–H groups in total. The summed E-state index contributed by atoms with van der Waals surface area (Å²) in [5, 5.41) is 0. The van der Waals surface area contributed by atoms with Crippen molar-refractivity contribution in [3.8, 4) is 0 Å². The van der Waals surface area contributed by atoms with Crippen LogP contribution in [0, 0.1) is 5.92 Å². The maximum absolute atomic E-state index is 12.7. The number of nitrogen functional groups attached to an aromatic ring is 1. The number of nitrogens with two attached hydrogens (primary N) is 1. The van der Waals surface area contributed by atoms with Gasteiger partial charge in [-0.2, -0.15) is 0 Å². The lowest BCUT2D eigenvalue weighted by molar-refractivity contribution is -0.152. The van der Waals surface area contributed by atoms with Crippen molar-refractivity contribution in [1.82, 2.24) is 9.80 Å². The van der Waals surface area contributed by atoms with Gasteiger partial charge in [0.1, 0.15) is 6.04 Å². The minimum atomic E-state index is -0.550. The molecule has 0 aromatic heterocycles. The molecule has 1 aromatic rings. The van der Waals surface area contributed by atoms with E-state index in [2.05, 4.69) is 0 Å². The molecule has 1 saturated heterocycles. The van der Waals surface area contributed by atoms with E-state index in [1.807, 2.05) is 0 Å². The topological polar surface area (TPSA) is 83.7 Å². The number of benzene rings is 1. The molecule has 1 atom stereocenters. The van der Waals surface area contributed by atoms with Gasteiger partial charge in [-0.05, 0) is 37.3 Å². The summed E-state index contributed by atoms with van der Waals surface area (Å²) in [5.41, 5.74) is 7.89. The number of amides is 3. The van der Waals surface area contributed by atoms with Crippen LogP contribution in [0.2, 0.25) is 0 Å². The molecule has 2 heterocycles. The molecule has 2 aliphatic heterocycles. The van der Waals surface area contributed by atoms with E-state index in [4.69, 9.17) is 5.73 Å². The zero-order chi connectivity index (χ0) is 16.1. The number of carbonyl (C=O) groups is 3. The minimum absolute atomic E-state index is 0.109. The van der Waals surface area contributed by atoms with Gasteiger partial charge in [-0.25, -0.2) is 0 Å². The first-order chi connectivity index (χ1) is 11.1. The second-order valence-corrected chi connectivity index (χ2v) is 6.65. The first-order valence-corrected chi connectivity index (χ1v) is 8.09. The first-order valence-electron chi connectivity index (χ1n) is 8.09. The van der Waals surface area contributed by atoms with E-state index in [1.54, 1.807) is 23.1 Å². The van der Waals surface area contributed by atoms with Crippen LogP contribution in [-0.4, -0.2) is 40.1 Å². The van der Waals surface area contributed by atoms with Crippen LogP contribution >= 0.6 is 0 Å². The quantitative estimate of drug-likeness (QED) is 0.670. The standard InChI is InChI=1S/C17H19N3O3/c18-13-3-1-2-11-12(13)9-19(16(11)22)14-6-7-15(21)20(17(14)23)8-10-4-5-10/h1-3,10,14H,4-9,18H2. The normalized spacial score (nSPS) is 24.3. The highest BCUT2D eigenvalue weighted by atomic mass is 16.2. The Morgan fingerprint density at radius 2 is 1.91 bits per heavy atom. The Kier molecular flexibility index (Phi) is 3.14. The van der Waals surface area contributed by atoms with Gasteiger partial charge in [0, 0.05) is 36.3 Å². The fourth-order valence-electron chi connectivity index (χ4n) is 3.49. The van der Waals surface area contributed by atoms with Crippen molar-refractivity contribution >= 4 is 23.4 Å². The zero-order valence-corrected chi connectivity index (χ0v) is 12.8. The Morgan fingerprint density at radius 1 is 1.13 bits per heavy atom. The smallest absolute Gasteiger partial charge is 0.255 e. The van der Waals surface area contributed by atoms with Crippen LogP contribution in [0.3, 0.4) is 0 Å². The lowest BCUT2D eigenvalue weighted by Gasteiger charge is -2.35. The fourth-order valence-corrected chi connectivity index (χ4v) is 3.49. The number of imide groups is 1. The molecule has 3 aliphatic rings. The fraction of sp³-hybridized carbons (Fsp3) is 0.471. The summed E-state index contributed by atoms with van der Waals surface area (Å²) < 4.78 is 0. The Morgan fingerprint density at radius 3 is 2.61 bits per heavy atom. The minimum Gasteiger partial charge on any atom is -0.398 e. The van der Waals surface area contributed by atoms with Crippen molar-refractivity contribution < 1.29 is 14.4 Å². The Labute approximate surface area is 134 Å². The van der Waals surface area contributed by atoms with Gasteiger partial charge in [0.05, 0.1) is 0 Å². The molecule has 23 heavy (non-hydrogen) atoms. The molecule has 6 heteroatoms. The molecule has 1 aliphatic carbocycles. The number of anilines is 1. The molecule has 1 unspecified atom stereocenters. The number of fused-ring (bicyclic) bond motifs is 1. The SMILES string of the molecule is Nc1cccc2c1CN(C1CCC(=O)N(CC3CC3)C1=O)C2=O. The molecular weight excluding hydrogens is 294 g/mol. The van der Waals surface area contributed by atoms with E-state index >= 15 is 0 Å². The maximum Gasteiger partial charge on any atom is 0.255 e. The summed E-state index contributed by atoms with van der Waals surface area (Å²) >= 11 is 0. The van der Waals surface area contributed by atoms with Crippen LogP contribution in [0.5, 0.6) is 0 Å². The summed E-state index contributed by atoms with van der Waals surface area (Å²) in [5.74, 6) is -0.0511. The summed E-state index contributed by atoms with van der Waals surface area (Å²) in [6, 6.07) is 4.71. The number of piperidine rings is 1. The van der Waals surface area contributed by atoms with Crippen molar-refractivity contribution in [2.45, 2.75) is 38.3 Å². The van der Waals surface area contributed by atoms with E-state index < -0.39 is 6.04 Å². The second kappa shape index (κ2) is 5.08. The van der Waals surface area contributed by atoms with Crippen LogP contribution < -0.4 is 5.73 Å². The van der Waals surface area contributed by atoms with Gasteiger partial charge in [-0.15, -0.1) is 0 Å². The van der Waals surface area contributed by atoms with E-state index in [-0.39, 0.29) is 17.7 Å². The molecule has 6 nitrogen and oxygen atoms in total. The molecule has 1 saturated carbocycles. The van der Waals surface area contributed by atoms with Gasteiger partial charge >= 0.3 is 0 Å². The first kappa shape index (κ1) is 14.2. The third-order valence-electron chi connectivity index (χ3n) is 5.03. The highest BCUT2D eigenvalue weighted by Gasteiger charge is 2.44. The number of carbonyl (C=O) groups excluding carboxylic acids is 3. The molecule has 0 spiro atoms. The molecule has 3 amide bonds. The number of hydrogen-bond donors (Lipinski definition) is 1. The summed E-state index contributed by atoms with van der Waals surface area (Å²) in [4.78, 5) is 40.4. The zero-order valence-electron chi connectivity index (χ0n) is 12.8. The van der Waals surface area contributed by atoms with Crippen molar-refractivity contribution in [2.24, 2.45) is 5.92 Å². The third-order valence-corrected chi connectivity index (χ3v) is 5.03. The largest absolute Gasteiger partial charge is 0.398 e. The van der Waals surface area contributed by atoms with Crippen LogP contribution in [0.15, 0.2) is 18.2 Å². The number of likely N-dealkylation sites (tertiary alicyclic amines) is 1. The lowest BCUT2D eigenvalue weighted by Crippen LogP contribution is -2.55. The van der Waals surface area contributed by atoms with Gasteiger partial charge < -0.3 is 10.6 Å². The molecule has 1 aromatic carbocycles. The second-order valence-electron chi connectivity index (χ2n) is 6.65. The highest BCUT2D eigenvalue weighted by Crippen LogP contribution is 2.34. The molecule has 2 fully saturated rings. The van der Waals surface area contributed by atoms with Crippen LogP contribution in [0.1, 0.15) is 41.6 Å². The van der Waals surface area contributed by atoms with E-state index in [9.17, 15) is 14.4 Å². The third kappa shape index (κ3) is 2.29. The van der Waals surface area contributed by atoms with E-state index in [0.29, 0.717) is 43.1 Å². The van der Waals surface area contributed by atoms with Crippen molar-refractivity contribution in [1.29, 1.82) is 0 Å². The van der Waals surface area contributed by atoms with E-state index in [1.165, 1.54) is 4.90 Å². The van der Waals surface area contributed by atoms with Crippen LogP contribution in [-0.2, 0) is 16.1 Å². The lowest BCUT2D eigenvalue weighted by atomic mass is 10.0. The molecule has 0 radical (unpaired) electrons. The predicted octanol–water partition coefficient (Wildman–Crippen LogP) is 1.15. The number of hydrogen-bond acceptors (Lipinski definition) is 4. The van der Waals surface area contributed by atoms with Crippen molar-refractivity contribution in [2.75, 3.05) is 12.3 Å². The number of nitrogens with zero attached hydrogens (tertiary/aromatic N) is 2. The average molecular weight is 313 g/mol. The van der Waals surface area contributed by atoms with Gasteiger partial charge in [-0.1, -0.05) is 6.07 Å². The van der Waals surface area contributed by atoms with Gasteiger partial charge in [0.2, 0.25) is 5.91 Å². The predicted molar refractivity (Wildman–Crippen MR) is 83.2 cm³/mol. The molecule has 4 rings (SSSR count). The van der Waals surface area contributed by atoms with Gasteiger partial charge in [-0.3, -0.25) is 19.3 Å². The Bertz CT molecular complexity index is 711. The molecule has 120 valence electrons. The van der Waals surface area contributed by atoms with Crippen LogP contribution in [0.4, 0.5) is 5.69 Å². The maximum atomic E-state index is 12.7. The average Bonchev–Trinajstić information content (AvgIpc) is 3.29.